The molecule has 2 N–H and O–H groups in total. The van der Waals surface area contributed by atoms with Crippen molar-refractivity contribution in [2.45, 2.75) is 12.8 Å². The van der Waals surface area contributed by atoms with Gasteiger partial charge in [0.25, 0.3) is 0 Å². The molecule has 110 valence electrons. The Hall–Kier alpha value is -1.85. The fourth-order valence-electron chi connectivity index (χ4n) is 2.33. The van der Waals surface area contributed by atoms with Gasteiger partial charge in [-0.2, -0.15) is 0 Å². The summed E-state index contributed by atoms with van der Waals surface area (Å²) in [5, 5.41) is 20.6. The summed E-state index contributed by atoms with van der Waals surface area (Å²) in [6.07, 6.45) is 1.05. The minimum atomic E-state index is -0.490. The molecule has 1 aliphatic rings. The first kappa shape index (κ1) is 14.1. The van der Waals surface area contributed by atoms with Gasteiger partial charge in [-0.25, -0.2) is 0 Å². The molecule has 2 aromatic rings. The Morgan fingerprint density at radius 2 is 1.81 bits per heavy atom. The highest BCUT2D eigenvalue weighted by Gasteiger charge is 2.32. The molecule has 5 nitrogen and oxygen atoms in total. The van der Waals surface area contributed by atoms with Gasteiger partial charge in [-0.3, -0.25) is 9.69 Å². The highest BCUT2D eigenvalue weighted by atomic mass is 35.5. The maximum absolute atomic E-state index is 11.7. The molecular weight excluding hydrogens is 317 g/mol. The highest BCUT2D eigenvalue weighted by molar-refractivity contribution is 6.39. The van der Waals surface area contributed by atoms with Crippen LogP contribution in [0.2, 0.25) is 10.0 Å². The molecule has 1 aromatic carbocycles. The summed E-state index contributed by atoms with van der Waals surface area (Å²) in [5.74, 6) is -1.29. The van der Waals surface area contributed by atoms with Gasteiger partial charge in [0.1, 0.15) is 0 Å². The van der Waals surface area contributed by atoms with Crippen LogP contribution in [0.25, 0.3) is 11.3 Å². The van der Waals surface area contributed by atoms with Crippen LogP contribution in [-0.2, 0) is 4.79 Å². The average molecular weight is 328 g/mol. The molecule has 0 unspecified atom stereocenters. The number of amides is 1. The molecule has 1 aromatic heterocycles. The van der Waals surface area contributed by atoms with E-state index >= 15 is 0 Å². The molecular formula is C14H11Cl2NO4. The number of rotatable bonds is 2. The quantitative estimate of drug-likeness (QED) is 0.879. The van der Waals surface area contributed by atoms with Crippen LogP contribution in [0.1, 0.15) is 12.8 Å². The fraction of sp³-hybridized carbons (Fsp3) is 0.214. The molecule has 1 aliphatic heterocycles. The van der Waals surface area contributed by atoms with Crippen molar-refractivity contribution in [1.29, 1.82) is 0 Å². The molecule has 0 radical (unpaired) electrons. The monoisotopic (exact) mass is 327 g/mol. The third-order valence-corrected chi connectivity index (χ3v) is 3.98. The second kappa shape index (κ2) is 5.16. The lowest BCUT2D eigenvalue weighted by Crippen LogP contribution is -2.23. The van der Waals surface area contributed by atoms with Crippen molar-refractivity contribution in [2.75, 3.05) is 11.4 Å². The van der Waals surface area contributed by atoms with Crippen LogP contribution in [0.3, 0.4) is 0 Å². The van der Waals surface area contributed by atoms with Gasteiger partial charge >= 0.3 is 0 Å². The number of hydrogen-bond acceptors (Lipinski definition) is 4. The predicted molar refractivity (Wildman–Crippen MR) is 79.1 cm³/mol. The minimum absolute atomic E-state index is 0.0576. The summed E-state index contributed by atoms with van der Waals surface area (Å²) in [6, 6.07) is 4.82. The predicted octanol–water partition coefficient (Wildman–Crippen LogP) is 3.79. The van der Waals surface area contributed by atoms with Gasteiger partial charge in [-0.1, -0.05) is 29.3 Å². The largest absolute Gasteiger partial charge is 0.502 e. The SMILES string of the molecule is O=C1CCCN1c1oc(-c2c(Cl)cccc2Cl)c(O)c1O. The van der Waals surface area contributed by atoms with Crippen molar-refractivity contribution in [1.82, 2.24) is 0 Å². The van der Waals surface area contributed by atoms with E-state index in [0.717, 1.165) is 0 Å². The maximum atomic E-state index is 11.7. The third-order valence-electron chi connectivity index (χ3n) is 3.35. The fourth-order valence-corrected chi connectivity index (χ4v) is 2.90. The van der Waals surface area contributed by atoms with Crippen LogP contribution >= 0.6 is 23.2 Å². The molecule has 0 spiro atoms. The number of benzene rings is 1. The van der Waals surface area contributed by atoms with Gasteiger partial charge in [-0.15, -0.1) is 0 Å². The van der Waals surface area contributed by atoms with Crippen molar-refractivity contribution < 1.29 is 19.4 Å². The number of furan rings is 1. The number of anilines is 1. The molecule has 3 rings (SSSR count). The van der Waals surface area contributed by atoms with Gasteiger partial charge < -0.3 is 14.6 Å². The van der Waals surface area contributed by atoms with E-state index in [1.807, 2.05) is 0 Å². The number of nitrogens with zero attached hydrogens (tertiary/aromatic N) is 1. The zero-order valence-corrected chi connectivity index (χ0v) is 12.3. The van der Waals surface area contributed by atoms with Gasteiger partial charge in [-0.05, 0) is 18.6 Å². The molecule has 0 saturated carbocycles. The van der Waals surface area contributed by atoms with Gasteiger partial charge in [0, 0.05) is 13.0 Å². The van der Waals surface area contributed by atoms with Crippen molar-refractivity contribution in [2.24, 2.45) is 0 Å². The molecule has 1 amide bonds. The molecule has 21 heavy (non-hydrogen) atoms. The van der Waals surface area contributed by atoms with Crippen molar-refractivity contribution in [3.8, 4) is 22.8 Å². The lowest BCUT2D eigenvalue weighted by molar-refractivity contribution is -0.117. The number of halogens is 2. The Morgan fingerprint density at radius 3 is 2.38 bits per heavy atom. The molecule has 0 bridgehead atoms. The molecule has 1 fully saturated rings. The summed E-state index contributed by atoms with van der Waals surface area (Å²) in [4.78, 5) is 13.0. The molecule has 1 saturated heterocycles. The van der Waals surface area contributed by atoms with Crippen LogP contribution < -0.4 is 4.90 Å². The Morgan fingerprint density at radius 1 is 1.14 bits per heavy atom. The standard InChI is InChI=1S/C14H11Cl2NO4/c15-7-3-1-4-8(16)10(7)13-11(19)12(20)14(21-13)17-6-2-5-9(17)18/h1,3-4,19-20H,2,5-6H2. The van der Waals surface area contributed by atoms with Crippen LogP contribution in [0, 0.1) is 0 Å². The first-order valence-electron chi connectivity index (χ1n) is 6.30. The summed E-state index contributed by atoms with van der Waals surface area (Å²) < 4.78 is 5.48. The van der Waals surface area contributed by atoms with Gasteiger partial charge in [0.2, 0.25) is 23.3 Å². The summed E-state index contributed by atoms with van der Waals surface area (Å²) in [7, 11) is 0. The molecule has 7 heteroatoms. The zero-order chi connectivity index (χ0) is 15.1. The van der Waals surface area contributed by atoms with Crippen molar-refractivity contribution >= 4 is 35.0 Å². The van der Waals surface area contributed by atoms with E-state index in [1.54, 1.807) is 18.2 Å². The van der Waals surface area contributed by atoms with Crippen molar-refractivity contribution in [3.05, 3.63) is 28.2 Å². The van der Waals surface area contributed by atoms with Crippen molar-refractivity contribution in [3.63, 3.8) is 0 Å². The second-order valence-corrected chi connectivity index (χ2v) is 5.49. The minimum Gasteiger partial charge on any atom is -0.502 e. The summed E-state index contributed by atoms with van der Waals surface area (Å²) in [5.41, 5.74) is 0.270. The summed E-state index contributed by atoms with van der Waals surface area (Å²) in [6.45, 7) is 0.426. The normalized spacial score (nSPS) is 15.0. The smallest absolute Gasteiger partial charge is 0.249 e. The van der Waals surface area contributed by atoms with Crippen LogP contribution in [0.4, 0.5) is 5.88 Å². The lowest BCUT2D eigenvalue weighted by Gasteiger charge is -2.11. The first-order valence-corrected chi connectivity index (χ1v) is 7.05. The van der Waals surface area contributed by atoms with Crippen LogP contribution in [-0.4, -0.2) is 22.7 Å². The van der Waals surface area contributed by atoms with E-state index < -0.39 is 11.5 Å². The third kappa shape index (κ3) is 2.22. The maximum Gasteiger partial charge on any atom is 0.249 e. The molecule has 2 heterocycles. The molecule has 0 aliphatic carbocycles. The van der Waals surface area contributed by atoms with E-state index in [4.69, 9.17) is 27.6 Å². The van der Waals surface area contributed by atoms with Gasteiger partial charge in [0.05, 0.1) is 15.6 Å². The number of carbonyl (C=O) groups excluding carboxylic acids is 1. The number of hydrogen-bond donors (Lipinski definition) is 2. The molecule has 0 atom stereocenters. The summed E-state index contributed by atoms with van der Waals surface area (Å²) >= 11 is 12.1. The van der Waals surface area contributed by atoms with E-state index in [-0.39, 0.29) is 33.2 Å². The number of aromatic hydroxyl groups is 2. The Kier molecular flexibility index (Phi) is 3.47. The Labute approximate surface area is 130 Å². The zero-order valence-electron chi connectivity index (χ0n) is 10.8. The average Bonchev–Trinajstić information content (AvgIpc) is 2.97. The van der Waals surface area contributed by atoms with E-state index in [1.165, 1.54) is 4.90 Å². The van der Waals surface area contributed by atoms with Crippen LogP contribution in [0.5, 0.6) is 11.5 Å². The highest BCUT2D eigenvalue weighted by Crippen LogP contribution is 2.50. The van der Waals surface area contributed by atoms with Gasteiger partial charge in [0.15, 0.2) is 5.76 Å². The second-order valence-electron chi connectivity index (χ2n) is 4.68. The Bertz CT molecular complexity index is 706. The van der Waals surface area contributed by atoms with Crippen LogP contribution in [0.15, 0.2) is 22.6 Å². The number of carbonyl (C=O) groups is 1. The first-order chi connectivity index (χ1) is 10.0. The lowest BCUT2D eigenvalue weighted by atomic mass is 10.1. The Balaban J connectivity index is 2.15. The topological polar surface area (TPSA) is 73.9 Å². The van der Waals surface area contributed by atoms with E-state index in [0.29, 0.717) is 19.4 Å². The van der Waals surface area contributed by atoms with E-state index in [2.05, 4.69) is 0 Å². The van der Waals surface area contributed by atoms with E-state index in [9.17, 15) is 15.0 Å².